The van der Waals surface area contributed by atoms with Crippen LogP contribution in [0.2, 0.25) is 0 Å². The standard InChI is InChI=1S/C14H12N6/c15-10-11-1-3-13-12(9-11)2-4-14(18-13)16-5-7-20-8-6-17-19-20/h1-4,6,8-9H,5,7H2,(H,16,18). The first kappa shape index (κ1) is 12.1. The van der Waals surface area contributed by atoms with Crippen LogP contribution < -0.4 is 5.32 Å². The molecule has 0 spiro atoms. The number of benzene rings is 1. The molecule has 0 aliphatic carbocycles. The van der Waals surface area contributed by atoms with Gasteiger partial charge in [0.2, 0.25) is 0 Å². The van der Waals surface area contributed by atoms with Gasteiger partial charge in [-0.2, -0.15) is 5.26 Å². The largest absolute Gasteiger partial charge is 0.368 e. The van der Waals surface area contributed by atoms with E-state index in [-0.39, 0.29) is 0 Å². The van der Waals surface area contributed by atoms with Crippen LogP contribution in [-0.2, 0) is 6.54 Å². The maximum absolute atomic E-state index is 8.86. The fourth-order valence-corrected chi connectivity index (χ4v) is 1.94. The first-order chi connectivity index (χ1) is 9.85. The van der Waals surface area contributed by atoms with Gasteiger partial charge in [0, 0.05) is 18.1 Å². The molecular formula is C14H12N6. The number of anilines is 1. The van der Waals surface area contributed by atoms with Crippen molar-refractivity contribution in [3.05, 3.63) is 48.3 Å². The van der Waals surface area contributed by atoms with Crippen LogP contribution in [0.5, 0.6) is 0 Å². The summed E-state index contributed by atoms with van der Waals surface area (Å²) in [6.07, 6.45) is 3.47. The van der Waals surface area contributed by atoms with Crippen LogP contribution in [-0.4, -0.2) is 26.5 Å². The Bertz CT molecular complexity index is 757. The van der Waals surface area contributed by atoms with Gasteiger partial charge in [-0.15, -0.1) is 5.10 Å². The van der Waals surface area contributed by atoms with Gasteiger partial charge in [-0.25, -0.2) is 4.98 Å². The smallest absolute Gasteiger partial charge is 0.126 e. The molecule has 0 aliphatic heterocycles. The average Bonchev–Trinajstić information content (AvgIpc) is 3.00. The fraction of sp³-hybridized carbons (Fsp3) is 0.143. The number of nitriles is 1. The molecule has 1 aromatic carbocycles. The Labute approximate surface area is 115 Å². The molecule has 0 unspecified atom stereocenters. The number of aromatic nitrogens is 4. The van der Waals surface area contributed by atoms with Crippen LogP contribution in [0.3, 0.4) is 0 Å². The van der Waals surface area contributed by atoms with Gasteiger partial charge in [0.15, 0.2) is 0 Å². The molecule has 1 N–H and O–H groups in total. The maximum atomic E-state index is 8.86. The quantitative estimate of drug-likeness (QED) is 0.777. The maximum Gasteiger partial charge on any atom is 0.126 e. The fourth-order valence-electron chi connectivity index (χ4n) is 1.94. The van der Waals surface area contributed by atoms with Crippen molar-refractivity contribution >= 4 is 16.7 Å². The minimum atomic E-state index is 0.645. The summed E-state index contributed by atoms with van der Waals surface area (Å²) in [6, 6.07) is 11.5. The number of hydrogen-bond acceptors (Lipinski definition) is 5. The van der Waals surface area contributed by atoms with Gasteiger partial charge in [0.05, 0.1) is 29.9 Å². The van der Waals surface area contributed by atoms with E-state index in [2.05, 4.69) is 26.7 Å². The predicted molar refractivity (Wildman–Crippen MR) is 75.0 cm³/mol. The highest BCUT2D eigenvalue weighted by Gasteiger charge is 2.00. The van der Waals surface area contributed by atoms with Crippen molar-refractivity contribution in [2.24, 2.45) is 0 Å². The number of fused-ring (bicyclic) bond motifs is 1. The van der Waals surface area contributed by atoms with E-state index in [1.165, 1.54) is 0 Å². The van der Waals surface area contributed by atoms with E-state index in [1.54, 1.807) is 16.9 Å². The zero-order valence-electron chi connectivity index (χ0n) is 10.7. The molecule has 2 aromatic heterocycles. The summed E-state index contributed by atoms with van der Waals surface area (Å²) >= 11 is 0. The Balaban J connectivity index is 1.71. The van der Waals surface area contributed by atoms with Crippen molar-refractivity contribution in [3.63, 3.8) is 0 Å². The molecule has 0 amide bonds. The van der Waals surface area contributed by atoms with Gasteiger partial charge in [-0.05, 0) is 30.3 Å². The lowest BCUT2D eigenvalue weighted by molar-refractivity contribution is 0.608. The van der Waals surface area contributed by atoms with Crippen molar-refractivity contribution in [2.75, 3.05) is 11.9 Å². The molecule has 0 radical (unpaired) electrons. The summed E-state index contributed by atoms with van der Waals surface area (Å²) in [7, 11) is 0. The molecule has 6 heteroatoms. The number of nitrogens with one attached hydrogen (secondary N) is 1. The van der Waals surface area contributed by atoms with Crippen LogP contribution >= 0.6 is 0 Å². The second-order valence-electron chi connectivity index (χ2n) is 4.31. The van der Waals surface area contributed by atoms with E-state index in [0.29, 0.717) is 5.56 Å². The minimum absolute atomic E-state index is 0.645. The molecule has 0 aliphatic rings. The number of rotatable bonds is 4. The van der Waals surface area contributed by atoms with Gasteiger partial charge in [-0.3, -0.25) is 4.68 Å². The summed E-state index contributed by atoms with van der Waals surface area (Å²) in [5, 5.41) is 20.7. The Hall–Kier alpha value is -2.94. The SMILES string of the molecule is N#Cc1ccc2nc(NCCn3ccnn3)ccc2c1. The Morgan fingerprint density at radius 3 is 3.00 bits per heavy atom. The summed E-state index contributed by atoms with van der Waals surface area (Å²) < 4.78 is 1.76. The summed E-state index contributed by atoms with van der Waals surface area (Å²) in [6.45, 7) is 1.45. The van der Waals surface area contributed by atoms with E-state index in [9.17, 15) is 0 Å². The topological polar surface area (TPSA) is 79.4 Å². The predicted octanol–water partition coefficient (Wildman–Crippen LogP) is 1.81. The molecule has 0 saturated carbocycles. The molecule has 0 saturated heterocycles. The van der Waals surface area contributed by atoms with Crippen molar-refractivity contribution in [1.82, 2.24) is 20.0 Å². The lowest BCUT2D eigenvalue weighted by Crippen LogP contribution is -2.11. The van der Waals surface area contributed by atoms with Crippen molar-refractivity contribution in [3.8, 4) is 6.07 Å². The summed E-state index contributed by atoms with van der Waals surface area (Å²) in [4.78, 5) is 4.50. The van der Waals surface area contributed by atoms with Gasteiger partial charge >= 0.3 is 0 Å². The molecule has 98 valence electrons. The zero-order chi connectivity index (χ0) is 13.8. The molecule has 3 rings (SSSR count). The van der Waals surface area contributed by atoms with Gasteiger partial charge in [0.1, 0.15) is 5.82 Å². The lowest BCUT2D eigenvalue weighted by atomic mass is 10.1. The van der Waals surface area contributed by atoms with E-state index < -0.39 is 0 Å². The normalized spacial score (nSPS) is 10.3. The van der Waals surface area contributed by atoms with E-state index in [1.807, 2.05) is 30.5 Å². The second-order valence-corrected chi connectivity index (χ2v) is 4.31. The Kier molecular flexibility index (Phi) is 3.25. The zero-order valence-corrected chi connectivity index (χ0v) is 10.7. The molecule has 3 aromatic rings. The minimum Gasteiger partial charge on any atom is -0.368 e. The highest BCUT2D eigenvalue weighted by atomic mass is 15.4. The number of nitrogens with zero attached hydrogens (tertiary/aromatic N) is 5. The molecule has 0 fully saturated rings. The molecule has 0 bridgehead atoms. The average molecular weight is 264 g/mol. The second kappa shape index (κ2) is 5.36. The van der Waals surface area contributed by atoms with E-state index in [4.69, 9.17) is 5.26 Å². The van der Waals surface area contributed by atoms with Crippen LogP contribution in [0.1, 0.15) is 5.56 Å². The first-order valence-corrected chi connectivity index (χ1v) is 6.24. The number of pyridine rings is 1. The third-order valence-corrected chi connectivity index (χ3v) is 2.94. The first-order valence-electron chi connectivity index (χ1n) is 6.24. The van der Waals surface area contributed by atoms with Crippen LogP contribution in [0.4, 0.5) is 5.82 Å². The van der Waals surface area contributed by atoms with Crippen LogP contribution in [0.15, 0.2) is 42.7 Å². The molecular weight excluding hydrogens is 252 g/mol. The monoisotopic (exact) mass is 264 g/mol. The Morgan fingerprint density at radius 1 is 1.25 bits per heavy atom. The van der Waals surface area contributed by atoms with E-state index in [0.717, 1.165) is 29.8 Å². The summed E-state index contributed by atoms with van der Waals surface area (Å²) in [5.74, 6) is 0.808. The van der Waals surface area contributed by atoms with E-state index >= 15 is 0 Å². The van der Waals surface area contributed by atoms with Gasteiger partial charge in [-0.1, -0.05) is 5.21 Å². The molecule has 2 heterocycles. The molecule has 20 heavy (non-hydrogen) atoms. The van der Waals surface area contributed by atoms with Gasteiger partial charge in [0.25, 0.3) is 0 Å². The van der Waals surface area contributed by atoms with Crippen LogP contribution in [0, 0.1) is 11.3 Å². The van der Waals surface area contributed by atoms with Gasteiger partial charge < -0.3 is 5.32 Å². The Morgan fingerprint density at radius 2 is 2.20 bits per heavy atom. The molecule has 6 nitrogen and oxygen atoms in total. The van der Waals surface area contributed by atoms with Crippen LogP contribution in [0.25, 0.3) is 10.9 Å². The third-order valence-electron chi connectivity index (χ3n) is 2.94. The van der Waals surface area contributed by atoms with Crippen molar-refractivity contribution < 1.29 is 0 Å². The lowest BCUT2D eigenvalue weighted by Gasteiger charge is -2.06. The highest BCUT2D eigenvalue weighted by molar-refractivity contribution is 5.81. The summed E-state index contributed by atoms with van der Waals surface area (Å²) in [5.41, 5.74) is 1.51. The van der Waals surface area contributed by atoms with Crippen molar-refractivity contribution in [2.45, 2.75) is 6.54 Å². The number of hydrogen-bond donors (Lipinski definition) is 1. The third kappa shape index (κ3) is 2.57. The van der Waals surface area contributed by atoms with Crippen molar-refractivity contribution in [1.29, 1.82) is 5.26 Å². The highest BCUT2D eigenvalue weighted by Crippen LogP contribution is 2.16. The molecule has 0 atom stereocenters.